The summed E-state index contributed by atoms with van der Waals surface area (Å²) in [6.45, 7) is 6.84. The molecule has 1 unspecified atom stereocenters. The lowest BCUT2D eigenvalue weighted by Crippen LogP contribution is -2.42. The van der Waals surface area contributed by atoms with Gasteiger partial charge in [0.25, 0.3) is 0 Å². The molecule has 1 heterocycles. The SMILES string of the molecule is CC(C)(C)NCC(O)COc1cccc2c1SCC(=O)N2.O=C(O)/C=C/C(=O)O. The monoisotopic (exact) mass is 426 g/mol. The van der Waals surface area contributed by atoms with Crippen molar-refractivity contribution < 1.29 is 34.4 Å². The number of aliphatic hydroxyl groups is 1. The van der Waals surface area contributed by atoms with Crippen LogP contribution < -0.4 is 15.4 Å². The van der Waals surface area contributed by atoms with E-state index in [9.17, 15) is 19.5 Å². The summed E-state index contributed by atoms with van der Waals surface area (Å²) in [5.74, 6) is -1.42. The van der Waals surface area contributed by atoms with Crippen molar-refractivity contribution >= 4 is 35.3 Å². The standard InChI is InChI=1S/C15H22N2O3S.C4H4O4/c1-15(2,3)16-7-10(18)8-20-12-6-4-5-11-14(12)21-9-13(19)17-11;5-3(6)1-2-4(7)8/h4-6,10,16,18H,7-9H2,1-3H3,(H,17,19);1-2H,(H,5,6)(H,7,8)/b;2-1+. The molecule has 1 atom stereocenters. The molecule has 5 N–H and O–H groups in total. The Morgan fingerprint density at radius 1 is 1.28 bits per heavy atom. The second kappa shape index (κ2) is 11.4. The number of rotatable bonds is 7. The first kappa shape index (κ1) is 24.5. The number of β-amino-alcohol motifs (C(OH)–C–C–N with tert-alkyl or cyclic N) is 1. The molecule has 0 saturated heterocycles. The smallest absolute Gasteiger partial charge is 0.328 e. The number of aliphatic carboxylic acids is 2. The lowest BCUT2D eigenvalue weighted by Gasteiger charge is -2.24. The van der Waals surface area contributed by atoms with Crippen LogP contribution >= 0.6 is 11.8 Å². The van der Waals surface area contributed by atoms with Crippen LogP contribution in [0.4, 0.5) is 5.69 Å². The third-order valence-corrected chi connectivity index (χ3v) is 4.38. The van der Waals surface area contributed by atoms with Crippen molar-refractivity contribution in [2.24, 2.45) is 0 Å². The van der Waals surface area contributed by atoms with Crippen molar-refractivity contribution in [3.8, 4) is 5.75 Å². The molecule has 0 aliphatic carbocycles. The maximum absolute atomic E-state index is 11.4. The summed E-state index contributed by atoms with van der Waals surface area (Å²) in [4.78, 5) is 31.4. The predicted octanol–water partition coefficient (Wildman–Crippen LogP) is 1.57. The molecule has 0 saturated carbocycles. The number of fused-ring (bicyclic) bond motifs is 1. The van der Waals surface area contributed by atoms with Gasteiger partial charge in [-0.1, -0.05) is 6.07 Å². The van der Waals surface area contributed by atoms with E-state index in [1.807, 2.05) is 39.0 Å². The van der Waals surface area contributed by atoms with Crippen molar-refractivity contribution in [1.82, 2.24) is 5.32 Å². The van der Waals surface area contributed by atoms with Crippen LogP contribution in [0.2, 0.25) is 0 Å². The van der Waals surface area contributed by atoms with Gasteiger partial charge in [-0.2, -0.15) is 0 Å². The first-order chi connectivity index (χ1) is 13.5. The van der Waals surface area contributed by atoms with E-state index in [2.05, 4.69) is 10.6 Å². The second-order valence-electron chi connectivity index (χ2n) is 7.08. The van der Waals surface area contributed by atoms with Crippen LogP contribution in [0.15, 0.2) is 35.2 Å². The zero-order valence-corrected chi connectivity index (χ0v) is 17.3. The minimum atomic E-state index is -1.26. The summed E-state index contributed by atoms with van der Waals surface area (Å²) < 4.78 is 5.70. The summed E-state index contributed by atoms with van der Waals surface area (Å²) in [6.07, 6.45) is 0.535. The van der Waals surface area contributed by atoms with E-state index >= 15 is 0 Å². The Bertz CT molecular complexity index is 743. The number of nitrogens with one attached hydrogen (secondary N) is 2. The van der Waals surface area contributed by atoms with Gasteiger partial charge in [0.15, 0.2) is 0 Å². The Morgan fingerprint density at radius 2 is 1.90 bits per heavy atom. The number of carboxylic acid groups (broad SMARTS) is 2. The molecule has 1 aliphatic heterocycles. The van der Waals surface area contributed by atoms with Crippen LogP contribution in [0.3, 0.4) is 0 Å². The normalized spacial score (nSPS) is 14.3. The van der Waals surface area contributed by atoms with E-state index in [4.69, 9.17) is 14.9 Å². The number of hydrogen-bond donors (Lipinski definition) is 5. The predicted molar refractivity (Wildman–Crippen MR) is 109 cm³/mol. The molecule has 29 heavy (non-hydrogen) atoms. The van der Waals surface area contributed by atoms with Gasteiger partial charge in [0, 0.05) is 24.2 Å². The molecule has 0 radical (unpaired) electrons. The zero-order chi connectivity index (χ0) is 22.0. The van der Waals surface area contributed by atoms with Gasteiger partial charge in [0.2, 0.25) is 5.91 Å². The number of ether oxygens (including phenoxy) is 1. The molecular weight excluding hydrogens is 400 g/mol. The number of carbonyl (C=O) groups excluding carboxylic acids is 1. The van der Waals surface area contributed by atoms with E-state index in [1.54, 1.807) is 0 Å². The quantitative estimate of drug-likeness (QED) is 0.410. The second-order valence-corrected chi connectivity index (χ2v) is 8.06. The highest BCUT2D eigenvalue weighted by Gasteiger charge is 2.20. The Kier molecular flexibility index (Phi) is 9.66. The molecule has 1 amide bonds. The highest BCUT2D eigenvalue weighted by atomic mass is 32.2. The largest absolute Gasteiger partial charge is 0.490 e. The third kappa shape index (κ3) is 10.5. The Labute approximate surface area is 173 Å². The van der Waals surface area contributed by atoms with Crippen LogP contribution in [0.5, 0.6) is 5.75 Å². The fourth-order valence-corrected chi connectivity index (χ4v) is 2.90. The molecule has 1 aromatic rings. The topological polar surface area (TPSA) is 145 Å². The Morgan fingerprint density at radius 3 is 2.45 bits per heavy atom. The third-order valence-electron chi connectivity index (χ3n) is 3.27. The number of carboxylic acids is 2. The van der Waals surface area contributed by atoms with E-state index < -0.39 is 18.0 Å². The summed E-state index contributed by atoms with van der Waals surface area (Å²) in [7, 11) is 0. The van der Waals surface area contributed by atoms with Crippen LogP contribution in [-0.4, -0.2) is 63.7 Å². The molecule has 2 rings (SSSR count). The van der Waals surface area contributed by atoms with Crippen molar-refractivity contribution in [3.05, 3.63) is 30.4 Å². The van der Waals surface area contributed by atoms with E-state index in [0.29, 0.717) is 30.2 Å². The number of anilines is 1. The maximum Gasteiger partial charge on any atom is 0.328 e. The molecule has 0 aromatic heterocycles. The highest BCUT2D eigenvalue weighted by Crippen LogP contribution is 2.38. The molecule has 160 valence electrons. The lowest BCUT2D eigenvalue weighted by molar-refractivity contribution is -0.134. The number of thioether (sulfide) groups is 1. The minimum absolute atomic E-state index is 0.000869. The van der Waals surface area contributed by atoms with Crippen molar-refractivity contribution in [2.45, 2.75) is 37.3 Å². The van der Waals surface area contributed by atoms with Gasteiger partial charge in [-0.05, 0) is 32.9 Å². The number of amides is 1. The van der Waals surface area contributed by atoms with Gasteiger partial charge < -0.3 is 30.7 Å². The summed E-state index contributed by atoms with van der Waals surface area (Å²) in [5, 5.41) is 31.6. The molecule has 0 fully saturated rings. The average molecular weight is 426 g/mol. The van der Waals surface area contributed by atoms with Crippen LogP contribution in [-0.2, 0) is 14.4 Å². The zero-order valence-electron chi connectivity index (χ0n) is 16.5. The van der Waals surface area contributed by atoms with Crippen LogP contribution in [0.1, 0.15) is 20.8 Å². The lowest BCUT2D eigenvalue weighted by atomic mass is 10.1. The van der Waals surface area contributed by atoms with E-state index in [-0.39, 0.29) is 18.1 Å². The Balaban J connectivity index is 0.000000447. The first-order valence-corrected chi connectivity index (χ1v) is 9.72. The van der Waals surface area contributed by atoms with Gasteiger partial charge in [0.05, 0.1) is 16.3 Å². The maximum atomic E-state index is 11.4. The highest BCUT2D eigenvalue weighted by molar-refractivity contribution is 8.00. The fourth-order valence-electron chi connectivity index (χ4n) is 2.01. The molecule has 1 aliphatic rings. The Hall–Kier alpha value is -2.56. The number of benzene rings is 1. The molecule has 0 spiro atoms. The van der Waals surface area contributed by atoms with Gasteiger partial charge >= 0.3 is 11.9 Å². The fraction of sp³-hybridized carbons (Fsp3) is 0.421. The van der Waals surface area contributed by atoms with Crippen molar-refractivity contribution in [1.29, 1.82) is 0 Å². The van der Waals surface area contributed by atoms with E-state index in [0.717, 1.165) is 10.6 Å². The molecule has 0 bridgehead atoms. The summed E-state index contributed by atoms with van der Waals surface area (Å²) in [6, 6.07) is 5.54. The molecule has 9 nitrogen and oxygen atoms in total. The van der Waals surface area contributed by atoms with Crippen molar-refractivity contribution in [2.75, 3.05) is 24.2 Å². The first-order valence-electron chi connectivity index (χ1n) is 8.73. The summed E-state index contributed by atoms with van der Waals surface area (Å²) >= 11 is 1.46. The summed E-state index contributed by atoms with van der Waals surface area (Å²) in [5.41, 5.74) is 0.739. The number of hydrogen-bond acceptors (Lipinski definition) is 7. The van der Waals surface area contributed by atoms with Gasteiger partial charge in [0.1, 0.15) is 18.5 Å². The van der Waals surface area contributed by atoms with Gasteiger partial charge in [-0.3, -0.25) is 4.79 Å². The van der Waals surface area contributed by atoms with Crippen LogP contribution in [0, 0.1) is 0 Å². The average Bonchev–Trinajstić information content (AvgIpc) is 2.62. The molecule has 10 heteroatoms. The molecular formula is C19H26N2O7S. The minimum Gasteiger partial charge on any atom is -0.490 e. The van der Waals surface area contributed by atoms with Crippen molar-refractivity contribution in [3.63, 3.8) is 0 Å². The van der Waals surface area contributed by atoms with E-state index in [1.165, 1.54) is 11.8 Å². The number of aliphatic hydroxyl groups excluding tert-OH is 1. The molecule has 1 aromatic carbocycles. The number of carbonyl (C=O) groups is 3. The van der Waals surface area contributed by atoms with Gasteiger partial charge in [-0.15, -0.1) is 11.8 Å². The van der Waals surface area contributed by atoms with Gasteiger partial charge in [-0.25, -0.2) is 9.59 Å². The van der Waals surface area contributed by atoms with Crippen LogP contribution in [0.25, 0.3) is 0 Å².